The largest absolute Gasteiger partial charge is 0.290 e. The second-order valence-corrected chi connectivity index (χ2v) is 5.90. The lowest BCUT2D eigenvalue weighted by Gasteiger charge is -2.06. The molecule has 0 saturated heterocycles. The maximum absolute atomic E-state index is 12.8. The lowest BCUT2D eigenvalue weighted by molar-refractivity contribution is 0.825. The number of aromatic amines is 1. The van der Waals surface area contributed by atoms with E-state index in [0.29, 0.717) is 0 Å². The first-order chi connectivity index (χ1) is 10.6. The summed E-state index contributed by atoms with van der Waals surface area (Å²) in [4.78, 5) is 12.8. The van der Waals surface area contributed by atoms with Crippen LogP contribution in [0.1, 0.15) is 30.9 Å². The van der Waals surface area contributed by atoms with Gasteiger partial charge in [-0.05, 0) is 31.0 Å². The highest BCUT2D eigenvalue weighted by Gasteiger charge is 2.19. The molecule has 0 fully saturated rings. The quantitative estimate of drug-likeness (QED) is 0.769. The number of hydrogen-bond acceptors (Lipinski definition) is 1. The maximum atomic E-state index is 12.8. The Morgan fingerprint density at radius 1 is 1.00 bits per heavy atom. The van der Waals surface area contributed by atoms with Gasteiger partial charge in [-0.3, -0.25) is 9.89 Å². The minimum atomic E-state index is 0.0257. The Hall–Kier alpha value is -2.55. The molecule has 112 valence electrons. The lowest BCUT2D eigenvalue weighted by Crippen LogP contribution is -2.17. The van der Waals surface area contributed by atoms with Gasteiger partial charge in [-0.2, -0.15) is 0 Å². The maximum Gasteiger partial charge on any atom is 0.275 e. The summed E-state index contributed by atoms with van der Waals surface area (Å²) >= 11 is 0. The number of aryl methyl sites for hydroxylation is 1. The van der Waals surface area contributed by atoms with Gasteiger partial charge in [-0.25, -0.2) is 4.68 Å². The van der Waals surface area contributed by atoms with Crippen molar-refractivity contribution in [2.75, 3.05) is 0 Å². The van der Waals surface area contributed by atoms with Gasteiger partial charge in [0.1, 0.15) is 0 Å². The first kappa shape index (κ1) is 14.4. The Balaban J connectivity index is 2.25. The molecule has 0 bridgehead atoms. The van der Waals surface area contributed by atoms with Crippen molar-refractivity contribution >= 4 is 0 Å². The smallest absolute Gasteiger partial charge is 0.275 e. The van der Waals surface area contributed by atoms with E-state index < -0.39 is 0 Å². The highest BCUT2D eigenvalue weighted by atomic mass is 16.1. The third-order valence-corrected chi connectivity index (χ3v) is 3.82. The monoisotopic (exact) mass is 292 g/mol. The molecule has 0 saturated carbocycles. The second kappa shape index (κ2) is 5.68. The fraction of sp³-hybridized carbons (Fsp3) is 0.211. The van der Waals surface area contributed by atoms with Crippen LogP contribution in [-0.2, 0) is 0 Å². The van der Waals surface area contributed by atoms with E-state index in [1.807, 2.05) is 42.5 Å². The van der Waals surface area contributed by atoms with Gasteiger partial charge >= 0.3 is 0 Å². The Kier molecular flexibility index (Phi) is 3.72. The van der Waals surface area contributed by atoms with Gasteiger partial charge in [0.2, 0.25) is 0 Å². The molecule has 2 aromatic carbocycles. The summed E-state index contributed by atoms with van der Waals surface area (Å²) in [6, 6.07) is 17.9. The predicted octanol–water partition coefficient (Wildman–Crippen LogP) is 4.26. The van der Waals surface area contributed by atoms with Crippen LogP contribution in [0.3, 0.4) is 0 Å². The van der Waals surface area contributed by atoms with Gasteiger partial charge in [0.05, 0.1) is 11.4 Å². The summed E-state index contributed by atoms with van der Waals surface area (Å²) in [5.74, 6) is 0.157. The number of benzene rings is 2. The first-order valence-corrected chi connectivity index (χ1v) is 7.55. The number of nitrogens with zero attached hydrogens (tertiary/aromatic N) is 1. The van der Waals surface area contributed by atoms with Crippen LogP contribution in [-0.4, -0.2) is 9.78 Å². The molecule has 1 N–H and O–H groups in total. The molecule has 1 aromatic heterocycles. The molecule has 0 unspecified atom stereocenters. The van der Waals surface area contributed by atoms with Crippen molar-refractivity contribution in [3.05, 3.63) is 76.1 Å². The van der Waals surface area contributed by atoms with Crippen molar-refractivity contribution in [1.29, 1.82) is 0 Å². The van der Waals surface area contributed by atoms with Crippen LogP contribution in [0.2, 0.25) is 0 Å². The van der Waals surface area contributed by atoms with Crippen LogP contribution in [0.25, 0.3) is 16.9 Å². The van der Waals surface area contributed by atoms with Crippen LogP contribution < -0.4 is 5.56 Å². The Morgan fingerprint density at radius 2 is 1.73 bits per heavy atom. The van der Waals surface area contributed by atoms with Crippen LogP contribution in [0.5, 0.6) is 0 Å². The van der Waals surface area contributed by atoms with Gasteiger partial charge in [-0.1, -0.05) is 55.8 Å². The molecule has 22 heavy (non-hydrogen) atoms. The van der Waals surface area contributed by atoms with E-state index in [4.69, 9.17) is 0 Å². The van der Waals surface area contributed by atoms with Gasteiger partial charge in [0.15, 0.2) is 0 Å². The predicted molar refractivity (Wildman–Crippen MR) is 90.7 cm³/mol. The fourth-order valence-corrected chi connectivity index (χ4v) is 2.77. The van der Waals surface area contributed by atoms with Crippen LogP contribution in [0, 0.1) is 6.92 Å². The van der Waals surface area contributed by atoms with Crippen LogP contribution in [0.15, 0.2) is 59.4 Å². The van der Waals surface area contributed by atoms with E-state index >= 15 is 0 Å². The summed E-state index contributed by atoms with van der Waals surface area (Å²) < 4.78 is 1.63. The zero-order valence-electron chi connectivity index (χ0n) is 13.1. The van der Waals surface area contributed by atoms with Gasteiger partial charge in [0.25, 0.3) is 5.56 Å². The van der Waals surface area contributed by atoms with Crippen molar-refractivity contribution in [3.63, 3.8) is 0 Å². The molecule has 0 aliphatic heterocycles. The molecule has 3 nitrogen and oxygen atoms in total. The zero-order valence-corrected chi connectivity index (χ0v) is 13.1. The highest BCUT2D eigenvalue weighted by Crippen LogP contribution is 2.26. The second-order valence-electron chi connectivity index (χ2n) is 5.90. The number of hydrogen-bond donors (Lipinski definition) is 1. The molecule has 0 aliphatic rings. The first-order valence-electron chi connectivity index (χ1n) is 7.55. The molecule has 3 heteroatoms. The molecule has 1 heterocycles. The van der Waals surface area contributed by atoms with Crippen molar-refractivity contribution in [1.82, 2.24) is 9.78 Å². The van der Waals surface area contributed by atoms with Crippen molar-refractivity contribution in [3.8, 4) is 16.9 Å². The summed E-state index contributed by atoms with van der Waals surface area (Å²) in [5, 5.41) is 3.30. The summed E-state index contributed by atoms with van der Waals surface area (Å²) in [7, 11) is 0. The third kappa shape index (κ3) is 2.50. The molecular weight excluding hydrogens is 272 g/mol. The minimum absolute atomic E-state index is 0.0257. The summed E-state index contributed by atoms with van der Waals surface area (Å²) in [5.41, 5.74) is 4.85. The van der Waals surface area contributed by atoms with Crippen LogP contribution >= 0.6 is 0 Å². The van der Waals surface area contributed by atoms with E-state index in [1.54, 1.807) is 4.68 Å². The van der Waals surface area contributed by atoms with Crippen molar-refractivity contribution in [2.45, 2.75) is 26.7 Å². The van der Waals surface area contributed by atoms with Crippen molar-refractivity contribution in [2.24, 2.45) is 0 Å². The average molecular weight is 292 g/mol. The zero-order chi connectivity index (χ0) is 15.7. The summed E-state index contributed by atoms with van der Waals surface area (Å²) in [6.07, 6.45) is 0. The van der Waals surface area contributed by atoms with E-state index in [1.165, 1.54) is 5.56 Å². The lowest BCUT2D eigenvalue weighted by atomic mass is 9.98. The van der Waals surface area contributed by atoms with E-state index in [-0.39, 0.29) is 11.5 Å². The van der Waals surface area contributed by atoms with E-state index in [0.717, 1.165) is 22.5 Å². The molecule has 0 radical (unpaired) electrons. The average Bonchev–Trinajstić information content (AvgIpc) is 2.86. The van der Waals surface area contributed by atoms with Gasteiger partial charge in [-0.15, -0.1) is 0 Å². The molecule has 3 aromatic rings. The van der Waals surface area contributed by atoms with Gasteiger partial charge < -0.3 is 0 Å². The van der Waals surface area contributed by atoms with E-state index in [2.05, 4.69) is 38.0 Å². The molecule has 3 rings (SSSR count). The number of para-hydroxylation sites is 1. The van der Waals surface area contributed by atoms with Crippen LogP contribution in [0.4, 0.5) is 0 Å². The SMILES string of the molecule is Cc1cccc(-c2[nH]n(-c3ccccc3)c(=O)c2C(C)C)c1. The number of aromatic nitrogens is 2. The Bertz CT molecular complexity index is 841. The van der Waals surface area contributed by atoms with Gasteiger partial charge in [0, 0.05) is 11.1 Å². The number of rotatable bonds is 3. The molecular formula is C19H20N2O. The topological polar surface area (TPSA) is 37.8 Å². The molecule has 0 atom stereocenters. The Labute approximate surface area is 130 Å². The normalized spacial score (nSPS) is 11.1. The van der Waals surface area contributed by atoms with E-state index in [9.17, 15) is 4.79 Å². The van der Waals surface area contributed by atoms with Crippen molar-refractivity contribution < 1.29 is 0 Å². The highest BCUT2D eigenvalue weighted by molar-refractivity contribution is 5.64. The standard InChI is InChI=1S/C19H20N2O/c1-13(2)17-18(15-9-7-8-14(3)12-15)20-21(19(17)22)16-10-5-4-6-11-16/h4-13,20H,1-3H3. The molecule has 0 spiro atoms. The Morgan fingerprint density at radius 3 is 2.36 bits per heavy atom. The molecule has 0 amide bonds. The number of H-pyrrole nitrogens is 1. The minimum Gasteiger partial charge on any atom is -0.290 e. The third-order valence-electron chi connectivity index (χ3n) is 3.82. The fourth-order valence-electron chi connectivity index (χ4n) is 2.77. The number of nitrogens with one attached hydrogen (secondary N) is 1. The summed E-state index contributed by atoms with van der Waals surface area (Å²) in [6.45, 7) is 6.17. The molecule has 0 aliphatic carbocycles.